The number of carbonyl (C=O) groups is 1. The normalized spacial score (nSPS) is 11.2. The highest BCUT2D eigenvalue weighted by atomic mass is 16.1. The topological polar surface area (TPSA) is 118 Å². The minimum atomic E-state index is 0.183. The van der Waals surface area contributed by atoms with Gasteiger partial charge in [0.15, 0.2) is 23.5 Å². The number of imidazole rings is 2. The highest BCUT2D eigenvalue weighted by molar-refractivity contribution is 5.80. The van der Waals surface area contributed by atoms with Crippen molar-refractivity contribution in [1.29, 1.82) is 5.26 Å². The van der Waals surface area contributed by atoms with Crippen molar-refractivity contribution >= 4 is 11.9 Å². The molecule has 1 N–H and O–H groups in total. The Labute approximate surface area is 147 Å². The van der Waals surface area contributed by atoms with Crippen molar-refractivity contribution in [2.45, 2.75) is 19.9 Å². The van der Waals surface area contributed by atoms with Crippen molar-refractivity contribution in [3.8, 4) is 28.8 Å². The van der Waals surface area contributed by atoms with E-state index in [9.17, 15) is 10.1 Å². The Morgan fingerprint density at radius 1 is 1.23 bits per heavy atom. The molecule has 0 unspecified atom stereocenters. The summed E-state index contributed by atoms with van der Waals surface area (Å²) in [5.41, 5.74) is 3.12. The quantitative estimate of drug-likeness (QED) is 0.566. The van der Waals surface area contributed by atoms with Gasteiger partial charge in [-0.2, -0.15) is 15.5 Å². The monoisotopic (exact) mass is 346 g/mol. The second-order valence-corrected chi connectivity index (χ2v) is 5.98. The molecule has 128 valence electrons. The molecule has 0 atom stereocenters. The van der Waals surface area contributed by atoms with Crippen LogP contribution in [0.25, 0.3) is 28.4 Å². The lowest BCUT2D eigenvalue weighted by molar-refractivity contribution is 0.111. The van der Waals surface area contributed by atoms with Crippen molar-refractivity contribution in [1.82, 2.24) is 34.3 Å². The van der Waals surface area contributed by atoms with E-state index in [0.29, 0.717) is 40.4 Å². The van der Waals surface area contributed by atoms with Gasteiger partial charge in [0.1, 0.15) is 23.2 Å². The lowest BCUT2D eigenvalue weighted by Gasteiger charge is -2.04. The van der Waals surface area contributed by atoms with E-state index < -0.39 is 0 Å². The van der Waals surface area contributed by atoms with Gasteiger partial charge in [-0.1, -0.05) is 0 Å². The third-order valence-electron chi connectivity index (χ3n) is 3.95. The maximum absolute atomic E-state index is 11.2. The molecule has 0 spiro atoms. The molecule has 0 fully saturated rings. The SMILES string of the molecule is CC(C)n1ccc(-c2nc(C=O)[nH]c2-c2ccc3ncc(C#N)n3n2)n1. The van der Waals surface area contributed by atoms with Crippen LogP contribution in [0, 0.1) is 11.3 Å². The Balaban J connectivity index is 1.89. The first-order valence-corrected chi connectivity index (χ1v) is 7.96. The van der Waals surface area contributed by atoms with Crippen LogP contribution in [-0.4, -0.2) is 40.6 Å². The molecule has 9 heteroatoms. The van der Waals surface area contributed by atoms with Crippen molar-refractivity contribution in [3.63, 3.8) is 0 Å². The van der Waals surface area contributed by atoms with Crippen molar-refractivity contribution in [2.75, 3.05) is 0 Å². The number of hydrogen-bond donors (Lipinski definition) is 1. The molecule has 0 aliphatic rings. The minimum Gasteiger partial charge on any atom is -0.334 e. The largest absolute Gasteiger partial charge is 0.334 e. The van der Waals surface area contributed by atoms with E-state index in [1.165, 1.54) is 10.7 Å². The maximum atomic E-state index is 11.2. The van der Waals surface area contributed by atoms with Gasteiger partial charge in [0.2, 0.25) is 0 Å². The van der Waals surface area contributed by atoms with Crippen LogP contribution in [0.1, 0.15) is 36.2 Å². The Kier molecular flexibility index (Phi) is 3.58. The minimum absolute atomic E-state index is 0.183. The molecule has 0 aromatic carbocycles. The van der Waals surface area contributed by atoms with E-state index in [0.717, 1.165) is 0 Å². The molecule has 9 nitrogen and oxygen atoms in total. The molecule has 0 aliphatic carbocycles. The first kappa shape index (κ1) is 15.7. The van der Waals surface area contributed by atoms with E-state index in [2.05, 4.69) is 25.1 Å². The Morgan fingerprint density at radius 3 is 2.77 bits per heavy atom. The third kappa shape index (κ3) is 2.44. The van der Waals surface area contributed by atoms with Gasteiger partial charge in [0.05, 0.1) is 11.9 Å². The Hall–Kier alpha value is -3.80. The van der Waals surface area contributed by atoms with Gasteiger partial charge < -0.3 is 4.98 Å². The van der Waals surface area contributed by atoms with Gasteiger partial charge in [-0.3, -0.25) is 9.48 Å². The van der Waals surface area contributed by atoms with Crippen LogP contribution >= 0.6 is 0 Å². The molecular weight excluding hydrogens is 332 g/mol. The smallest absolute Gasteiger partial charge is 0.185 e. The maximum Gasteiger partial charge on any atom is 0.185 e. The lowest BCUT2D eigenvalue weighted by Crippen LogP contribution is -2.01. The fraction of sp³-hybridized carbons (Fsp3) is 0.176. The zero-order valence-corrected chi connectivity index (χ0v) is 14.1. The molecule has 0 saturated carbocycles. The summed E-state index contributed by atoms with van der Waals surface area (Å²) in [6.45, 7) is 4.05. The van der Waals surface area contributed by atoms with Gasteiger partial charge in [0.25, 0.3) is 0 Å². The zero-order valence-electron chi connectivity index (χ0n) is 14.1. The average Bonchev–Trinajstić information content (AvgIpc) is 3.37. The molecule has 4 aromatic heterocycles. The summed E-state index contributed by atoms with van der Waals surface area (Å²) in [5.74, 6) is 0.183. The summed E-state index contributed by atoms with van der Waals surface area (Å²) >= 11 is 0. The number of fused-ring (bicyclic) bond motifs is 1. The Bertz CT molecular complexity index is 1160. The van der Waals surface area contributed by atoms with Gasteiger partial charge in [-0.15, -0.1) is 0 Å². The molecule has 0 saturated heterocycles. The summed E-state index contributed by atoms with van der Waals surface area (Å²) in [7, 11) is 0. The molecule has 26 heavy (non-hydrogen) atoms. The summed E-state index contributed by atoms with van der Waals surface area (Å²) in [4.78, 5) is 22.7. The van der Waals surface area contributed by atoms with Crippen molar-refractivity contribution in [3.05, 3.63) is 42.1 Å². The predicted molar refractivity (Wildman–Crippen MR) is 92.3 cm³/mol. The molecule has 0 aliphatic heterocycles. The highest BCUT2D eigenvalue weighted by Gasteiger charge is 2.18. The van der Waals surface area contributed by atoms with Gasteiger partial charge in [-0.05, 0) is 32.0 Å². The molecule has 0 bridgehead atoms. The second kappa shape index (κ2) is 5.93. The van der Waals surface area contributed by atoms with Crippen LogP contribution in [0.2, 0.25) is 0 Å². The second-order valence-electron chi connectivity index (χ2n) is 5.98. The van der Waals surface area contributed by atoms with Gasteiger partial charge in [-0.25, -0.2) is 14.5 Å². The lowest BCUT2D eigenvalue weighted by atomic mass is 10.2. The van der Waals surface area contributed by atoms with E-state index in [-0.39, 0.29) is 11.9 Å². The number of aldehydes is 1. The summed E-state index contributed by atoms with van der Waals surface area (Å²) in [5, 5.41) is 18.2. The number of nitrogens with one attached hydrogen (secondary N) is 1. The molecule has 0 amide bonds. The molecule has 0 radical (unpaired) electrons. The molecule has 4 aromatic rings. The number of nitrogens with zero attached hydrogens (tertiary/aromatic N) is 7. The summed E-state index contributed by atoms with van der Waals surface area (Å²) < 4.78 is 3.27. The summed E-state index contributed by atoms with van der Waals surface area (Å²) in [6, 6.07) is 7.60. The van der Waals surface area contributed by atoms with E-state index >= 15 is 0 Å². The average molecular weight is 346 g/mol. The number of aromatic nitrogens is 7. The summed E-state index contributed by atoms with van der Waals surface area (Å²) in [6.07, 6.45) is 3.96. The van der Waals surface area contributed by atoms with Crippen LogP contribution in [0.4, 0.5) is 0 Å². The number of hydrogen-bond acceptors (Lipinski definition) is 6. The van der Waals surface area contributed by atoms with Crippen LogP contribution in [0.15, 0.2) is 30.6 Å². The van der Waals surface area contributed by atoms with Crippen molar-refractivity contribution < 1.29 is 4.79 Å². The van der Waals surface area contributed by atoms with Crippen LogP contribution < -0.4 is 0 Å². The van der Waals surface area contributed by atoms with E-state index in [1.54, 1.807) is 12.1 Å². The number of aromatic amines is 1. The molecule has 4 rings (SSSR count). The molecular formula is C17H14N8O. The standard InChI is InChI=1S/C17H14N8O/c1-10(2)24-6-5-13(22-24)17-16(20-14(9-26)21-17)12-3-4-15-19-8-11(7-18)25(15)23-12/h3-6,8-10H,1-2H3,(H,20,21). The van der Waals surface area contributed by atoms with E-state index in [1.807, 2.05) is 36.9 Å². The first-order valence-electron chi connectivity index (χ1n) is 7.96. The zero-order chi connectivity index (χ0) is 18.3. The third-order valence-corrected chi connectivity index (χ3v) is 3.95. The fourth-order valence-electron chi connectivity index (χ4n) is 2.65. The van der Waals surface area contributed by atoms with E-state index in [4.69, 9.17) is 0 Å². The first-order chi connectivity index (χ1) is 12.6. The fourth-order valence-corrected chi connectivity index (χ4v) is 2.65. The number of carbonyl (C=O) groups excluding carboxylic acids is 1. The van der Waals surface area contributed by atoms with Crippen LogP contribution in [0.3, 0.4) is 0 Å². The number of rotatable bonds is 4. The molecule has 4 heterocycles. The number of H-pyrrole nitrogens is 1. The van der Waals surface area contributed by atoms with Crippen LogP contribution in [-0.2, 0) is 0 Å². The Morgan fingerprint density at radius 2 is 2.08 bits per heavy atom. The predicted octanol–water partition coefficient (Wildman–Crippen LogP) is 2.25. The number of nitriles is 1. The van der Waals surface area contributed by atoms with Crippen LogP contribution in [0.5, 0.6) is 0 Å². The van der Waals surface area contributed by atoms with Crippen molar-refractivity contribution in [2.24, 2.45) is 0 Å². The highest BCUT2D eigenvalue weighted by Crippen LogP contribution is 2.28. The van der Waals surface area contributed by atoms with Gasteiger partial charge in [0, 0.05) is 12.2 Å². The van der Waals surface area contributed by atoms with Gasteiger partial charge >= 0.3 is 0 Å².